The summed E-state index contributed by atoms with van der Waals surface area (Å²) < 4.78 is 6.29. The van der Waals surface area contributed by atoms with E-state index in [1.165, 1.54) is 5.57 Å². The lowest BCUT2D eigenvalue weighted by Crippen LogP contribution is -2.40. The fourth-order valence-corrected chi connectivity index (χ4v) is 2.43. The van der Waals surface area contributed by atoms with E-state index in [0.29, 0.717) is 0 Å². The first-order valence-electron chi connectivity index (χ1n) is 5.80. The van der Waals surface area contributed by atoms with Gasteiger partial charge in [-0.25, -0.2) is 0 Å². The van der Waals surface area contributed by atoms with E-state index in [1.54, 1.807) is 0 Å². The van der Waals surface area contributed by atoms with E-state index in [1.807, 2.05) is 0 Å². The summed E-state index contributed by atoms with van der Waals surface area (Å²) in [7, 11) is -1.64. The molecule has 2 heteroatoms. The van der Waals surface area contributed by atoms with Crippen LogP contribution in [0.5, 0.6) is 0 Å². The van der Waals surface area contributed by atoms with Crippen LogP contribution in [0.15, 0.2) is 23.5 Å². The molecule has 0 atom stereocenters. The molecular formula is C13H24OSi. The van der Waals surface area contributed by atoms with Gasteiger partial charge in [-0.1, -0.05) is 26.8 Å². The maximum atomic E-state index is 6.29. The van der Waals surface area contributed by atoms with E-state index < -0.39 is 8.32 Å². The lowest BCUT2D eigenvalue weighted by Gasteiger charge is -2.38. The van der Waals surface area contributed by atoms with E-state index in [4.69, 9.17) is 4.43 Å². The second-order valence-corrected chi connectivity index (χ2v) is 10.6. The normalized spacial score (nSPS) is 18.3. The molecule has 0 aromatic carbocycles. The van der Waals surface area contributed by atoms with Gasteiger partial charge in [-0.05, 0) is 49.5 Å². The van der Waals surface area contributed by atoms with Crippen molar-refractivity contribution < 1.29 is 4.43 Å². The van der Waals surface area contributed by atoms with Gasteiger partial charge < -0.3 is 4.43 Å². The molecule has 0 bridgehead atoms. The Kier molecular flexibility index (Phi) is 3.49. The summed E-state index contributed by atoms with van der Waals surface area (Å²) in [5.74, 6) is 1.13. The molecule has 0 amide bonds. The molecule has 86 valence electrons. The van der Waals surface area contributed by atoms with Crippen LogP contribution in [0, 0.1) is 0 Å². The van der Waals surface area contributed by atoms with Gasteiger partial charge in [0.1, 0.15) is 5.76 Å². The first kappa shape index (κ1) is 12.6. The molecule has 1 rings (SSSR count). The molecule has 0 saturated heterocycles. The summed E-state index contributed by atoms with van der Waals surface area (Å²) >= 11 is 0. The number of rotatable bonds is 2. The molecule has 0 aromatic rings. The number of hydrogen-bond acceptors (Lipinski definition) is 1. The van der Waals surface area contributed by atoms with Crippen molar-refractivity contribution in [1.29, 1.82) is 0 Å². The molecule has 1 aliphatic rings. The van der Waals surface area contributed by atoms with Crippen molar-refractivity contribution in [2.75, 3.05) is 0 Å². The van der Waals surface area contributed by atoms with Crippen molar-refractivity contribution in [2.24, 2.45) is 0 Å². The Morgan fingerprint density at radius 3 is 2.13 bits per heavy atom. The first-order chi connectivity index (χ1) is 6.74. The van der Waals surface area contributed by atoms with Crippen molar-refractivity contribution in [3.8, 4) is 0 Å². The highest BCUT2D eigenvalue weighted by molar-refractivity contribution is 6.74. The summed E-state index contributed by atoms with van der Waals surface area (Å²) in [6.45, 7) is 13.6. The third-order valence-corrected chi connectivity index (χ3v) is 7.85. The molecule has 0 N–H and O–H groups in total. The molecule has 0 fully saturated rings. The second kappa shape index (κ2) is 4.16. The molecule has 0 radical (unpaired) electrons. The van der Waals surface area contributed by atoms with Gasteiger partial charge in [0, 0.05) is 0 Å². The molecule has 1 nitrogen and oxygen atoms in total. The Labute approximate surface area is 95.4 Å². The Bertz CT molecular complexity index is 292. The fraction of sp³-hybridized carbons (Fsp3) is 0.692. The van der Waals surface area contributed by atoms with Gasteiger partial charge in [0.2, 0.25) is 8.32 Å². The van der Waals surface area contributed by atoms with E-state index in [2.05, 4.69) is 52.9 Å². The molecule has 15 heavy (non-hydrogen) atoms. The van der Waals surface area contributed by atoms with Crippen LogP contribution in [0.3, 0.4) is 0 Å². The zero-order valence-corrected chi connectivity index (χ0v) is 12.0. The quantitative estimate of drug-likeness (QED) is 0.621. The predicted molar refractivity (Wildman–Crippen MR) is 69.4 cm³/mol. The molecular weight excluding hydrogens is 200 g/mol. The Balaban J connectivity index is 2.78. The molecule has 0 spiro atoms. The van der Waals surface area contributed by atoms with E-state index in [-0.39, 0.29) is 5.04 Å². The fourth-order valence-electron chi connectivity index (χ4n) is 1.33. The molecule has 1 aliphatic carbocycles. The Hall–Kier alpha value is -0.503. The van der Waals surface area contributed by atoms with Gasteiger partial charge in [0.25, 0.3) is 0 Å². The molecule has 0 unspecified atom stereocenters. The summed E-state index contributed by atoms with van der Waals surface area (Å²) in [5.41, 5.74) is 1.31. The van der Waals surface area contributed by atoms with Gasteiger partial charge in [-0.15, -0.1) is 0 Å². The van der Waals surface area contributed by atoms with Crippen LogP contribution in [0.1, 0.15) is 40.5 Å². The zero-order chi connectivity index (χ0) is 11.7. The van der Waals surface area contributed by atoms with Crippen LogP contribution in [0.25, 0.3) is 0 Å². The van der Waals surface area contributed by atoms with Gasteiger partial charge >= 0.3 is 0 Å². The Morgan fingerprint density at radius 2 is 1.67 bits per heavy atom. The SMILES string of the molecule is CC1=CCCC=C1O[Si](C)(C)C(C)(C)C. The Morgan fingerprint density at radius 1 is 1.13 bits per heavy atom. The first-order valence-corrected chi connectivity index (χ1v) is 8.71. The van der Waals surface area contributed by atoms with Crippen molar-refractivity contribution in [3.05, 3.63) is 23.5 Å². The van der Waals surface area contributed by atoms with Gasteiger partial charge in [0.05, 0.1) is 0 Å². The maximum absolute atomic E-state index is 6.29. The van der Waals surface area contributed by atoms with E-state index in [0.717, 1.165) is 18.6 Å². The van der Waals surface area contributed by atoms with Crippen molar-refractivity contribution >= 4 is 8.32 Å². The lowest BCUT2D eigenvalue weighted by molar-refractivity contribution is 0.389. The third-order valence-electron chi connectivity index (χ3n) is 3.51. The van der Waals surface area contributed by atoms with Crippen LogP contribution in [0.4, 0.5) is 0 Å². The molecule has 0 saturated carbocycles. The molecule has 0 aliphatic heterocycles. The smallest absolute Gasteiger partial charge is 0.250 e. The zero-order valence-electron chi connectivity index (χ0n) is 11.0. The van der Waals surface area contributed by atoms with Gasteiger partial charge in [0.15, 0.2) is 0 Å². The van der Waals surface area contributed by atoms with Crippen molar-refractivity contribution in [3.63, 3.8) is 0 Å². The predicted octanol–water partition coefficient (Wildman–Crippen LogP) is 4.63. The summed E-state index contributed by atoms with van der Waals surface area (Å²) in [5, 5.41) is 0.283. The molecule has 0 heterocycles. The van der Waals surface area contributed by atoms with Crippen molar-refractivity contribution in [1.82, 2.24) is 0 Å². The summed E-state index contributed by atoms with van der Waals surface area (Å²) in [6, 6.07) is 0. The van der Waals surface area contributed by atoms with Crippen LogP contribution in [-0.2, 0) is 4.43 Å². The average Bonchev–Trinajstić information content (AvgIpc) is 2.06. The van der Waals surface area contributed by atoms with Gasteiger partial charge in [-0.3, -0.25) is 0 Å². The van der Waals surface area contributed by atoms with Crippen LogP contribution in [-0.4, -0.2) is 8.32 Å². The summed E-state index contributed by atoms with van der Waals surface area (Å²) in [6.07, 6.45) is 6.82. The highest BCUT2D eigenvalue weighted by Gasteiger charge is 2.39. The lowest BCUT2D eigenvalue weighted by atomic mass is 10.1. The maximum Gasteiger partial charge on any atom is 0.250 e. The third kappa shape index (κ3) is 2.97. The minimum atomic E-state index is -1.64. The molecule has 0 aromatic heterocycles. The summed E-state index contributed by atoms with van der Waals surface area (Å²) in [4.78, 5) is 0. The number of allylic oxidation sites excluding steroid dienone is 3. The van der Waals surface area contributed by atoms with E-state index in [9.17, 15) is 0 Å². The monoisotopic (exact) mass is 224 g/mol. The minimum absolute atomic E-state index is 0.283. The minimum Gasteiger partial charge on any atom is -0.544 e. The van der Waals surface area contributed by atoms with E-state index >= 15 is 0 Å². The van der Waals surface area contributed by atoms with Gasteiger partial charge in [-0.2, -0.15) is 0 Å². The topological polar surface area (TPSA) is 9.23 Å². The standard InChI is InChI=1S/C13H24OSi/c1-11-9-7-8-10-12(11)14-15(5,6)13(2,3)4/h9-10H,7-8H2,1-6H3. The van der Waals surface area contributed by atoms with Crippen LogP contribution >= 0.6 is 0 Å². The van der Waals surface area contributed by atoms with Crippen LogP contribution < -0.4 is 0 Å². The van der Waals surface area contributed by atoms with Crippen molar-refractivity contribution in [2.45, 2.75) is 58.7 Å². The highest BCUT2D eigenvalue weighted by Crippen LogP contribution is 2.39. The highest BCUT2D eigenvalue weighted by atomic mass is 28.4. The number of hydrogen-bond donors (Lipinski definition) is 0. The largest absolute Gasteiger partial charge is 0.544 e. The van der Waals surface area contributed by atoms with Crippen LogP contribution in [0.2, 0.25) is 18.1 Å². The average molecular weight is 224 g/mol. The second-order valence-electron chi connectivity index (χ2n) is 5.90.